The molecule has 0 saturated carbocycles. The Bertz CT molecular complexity index is 1180. The molecule has 1 aliphatic heterocycles. The van der Waals surface area contributed by atoms with Gasteiger partial charge in [-0.3, -0.25) is 9.59 Å². The molecule has 3 aromatic carbocycles. The summed E-state index contributed by atoms with van der Waals surface area (Å²) < 4.78 is 0. The quantitative estimate of drug-likeness (QED) is 0.556. The molecule has 1 fully saturated rings. The summed E-state index contributed by atoms with van der Waals surface area (Å²) in [5, 5.41) is 0. The highest BCUT2D eigenvalue weighted by Gasteiger charge is 2.57. The van der Waals surface area contributed by atoms with Gasteiger partial charge in [-0.15, -0.1) is 0 Å². The van der Waals surface area contributed by atoms with Crippen molar-refractivity contribution in [1.82, 2.24) is 4.90 Å². The molecule has 0 N–H and O–H groups in total. The van der Waals surface area contributed by atoms with Gasteiger partial charge < -0.3 is 4.90 Å². The number of hydrogen-bond donors (Lipinski definition) is 0. The van der Waals surface area contributed by atoms with Crippen LogP contribution in [-0.2, 0) is 21.5 Å². The summed E-state index contributed by atoms with van der Waals surface area (Å²) in [5.41, 5.74) is 4.46. The first-order valence-electron chi connectivity index (χ1n) is 10.9. The highest BCUT2D eigenvalue weighted by molar-refractivity contribution is 6.28. The second-order valence-corrected chi connectivity index (χ2v) is 8.40. The molecule has 3 nitrogen and oxygen atoms in total. The molecule has 0 aromatic heterocycles. The molecule has 3 heteroatoms. The van der Waals surface area contributed by atoms with Gasteiger partial charge in [-0.25, -0.2) is 0 Å². The lowest BCUT2D eigenvalue weighted by Crippen LogP contribution is -2.49. The monoisotopic (exact) mass is 407 g/mol. The predicted molar refractivity (Wildman–Crippen MR) is 123 cm³/mol. The van der Waals surface area contributed by atoms with Crippen molar-refractivity contribution in [3.63, 3.8) is 0 Å². The van der Waals surface area contributed by atoms with Crippen LogP contribution in [0.2, 0.25) is 0 Å². The summed E-state index contributed by atoms with van der Waals surface area (Å²) in [4.78, 5) is 30.1. The van der Waals surface area contributed by atoms with Crippen LogP contribution in [0.15, 0.2) is 84.9 Å². The van der Waals surface area contributed by atoms with Crippen LogP contribution in [0.5, 0.6) is 0 Å². The van der Waals surface area contributed by atoms with Gasteiger partial charge in [-0.1, -0.05) is 84.9 Å². The third-order valence-corrected chi connectivity index (χ3v) is 6.62. The summed E-state index contributed by atoms with van der Waals surface area (Å²) in [6.07, 6.45) is 1.08. The SMILES string of the molecule is CC1=C(c2ccccc2)[C@@]2(C(=O)CCCN(Cc3ccccc3)C2=O)c2ccccc21. The van der Waals surface area contributed by atoms with E-state index in [1.807, 2.05) is 96.8 Å². The summed E-state index contributed by atoms with van der Waals surface area (Å²) in [6.45, 7) is 3.14. The fraction of sp³-hybridized carbons (Fsp3) is 0.214. The van der Waals surface area contributed by atoms with E-state index in [2.05, 4.69) is 0 Å². The molecule has 1 heterocycles. The lowest BCUT2D eigenvalue weighted by molar-refractivity contribution is -0.139. The minimum absolute atomic E-state index is 0.0104. The number of allylic oxidation sites excluding steroid dienone is 1. The van der Waals surface area contributed by atoms with Crippen molar-refractivity contribution in [3.05, 3.63) is 107 Å². The largest absolute Gasteiger partial charge is 0.337 e. The van der Waals surface area contributed by atoms with E-state index in [0.29, 0.717) is 25.9 Å². The van der Waals surface area contributed by atoms with Crippen molar-refractivity contribution < 1.29 is 9.59 Å². The first kappa shape index (κ1) is 19.5. The van der Waals surface area contributed by atoms with Gasteiger partial charge in [0.25, 0.3) is 0 Å². The third-order valence-electron chi connectivity index (χ3n) is 6.62. The number of likely N-dealkylation sites (tertiary alicyclic amines) is 1. The van der Waals surface area contributed by atoms with E-state index in [-0.39, 0.29) is 11.7 Å². The summed E-state index contributed by atoms with van der Waals surface area (Å²) in [7, 11) is 0. The Hall–Kier alpha value is -3.46. The van der Waals surface area contributed by atoms with Crippen molar-refractivity contribution in [1.29, 1.82) is 0 Å². The molecule has 154 valence electrons. The fourth-order valence-corrected chi connectivity index (χ4v) is 5.27. The highest BCUT2D eigenvalue weighted by Crippen LogP contribution is 2.53. The van der Waals surface area contributed by atoms with Crippen LogP contribution in [0.1, 0.15) is 42.0 Å². The maximum absolute atomic E-state index is 14.3. The van der Waals surface area contributed by atoms with E-state index in [1.165, 1.54) is 0 Å². The van der Waals surface area contributed by atoms with Crippen LogP contribution in [0.4, 0.5) is 0 Å². The molecule has 0 bridgehead atoms. The van der Waals surface area contributed by atoms with Crippen LogP contribution in [0, 0.1) is 0 Å². The number of benzene rings is 3. The molecule has 1 spiro atoms. The molecule has 0 radical (unpaired) electrons. The Morgan fingerprint density at radius 1 is 0.839 bits per heavy atom. The van der Waals surface area contributed by atoms with Gasteiger partial charge in [-0.2, -0.15) is 0 Å². The average molecular weight is 408 g/mol. The molecular formula is C28H25NO2. The smallest absolute Gasteiger partial charge is 0.245 e. The molecule has 31 heavy (non-hydrogen) atoms. The zero-order chi connectivity index (χ0) is 21.4. The highest BCUT2D eigenvalue weighted by atomic mass is 16.2. The Balaban J connectivity index is 1.73. The second kappa shape index (κ2) is 7.66. The number of rotatable bonds is 3. The Labute approximate surface area is 183 Å². The van der Waals surface area contributed by atoms with Crippen LogP contribution >= 0.6 is 0 Å². The summed E-state index contributed by atoms with van der Waals surface area (Å²) in [6, 6.07) is 27.9. The molecule has 0 unspecified atom stereocenters. The molecule has 1 aliphatic carbocycles. The van der Waals surface area contributed by atoms with Gasteiger partial charge >= 0.3 is 0 Å². The minimum Gasteiger partial charge on any atom is -0.337 e. The fourth-order valence-electron chi connectivity index (χ4n) is 5.27. The van der Waals surface area contributed by atoms with E-state index in [9.17, 15) is 9.59 Å². The number of carbonyl (C=O) groups is 2. The zero-order valence-electron chi connectivity index (χ0n) is 17.7. The summed E-state index contributed by atoms with van der Waals surface area (Å²) in [5.74, 6) is -0.0850. The third kappa shape index (κ3) is 2.96. The van der Waals surface area contributed by atoms with E-state index in [4.69, 9.17) is 0 Å². The van der Waals surface area contributed by atoms with E-state index in [0.717, 1.165) is 33.4 Å². The molecule has 1 amide bonds. The van der Waals surface area contributed by atoms with Crippen molar-refractivity contribution >= 4 is 22.8 Å². The predicted octanol–water partition coefficient (Wildman–Crippen LogP) is 5.26. The van der Waals surface area contributed by atoms with Gasteiger partial charge in [0.15, 0.2) is 11.2 Å². The van der Waals surface area contributed by atoms with Crippen LogP contribution in [0.3, 0.4) is 0 Å². The number of carbonyl (C=O) groups excluding carboxylic acids is 2. The van der Waals surface area contributed by atoms with Gasteiger partial charge in [0.05, 0.1) is 0 Å². The molecule has 3 aromatic rings. The van der Waals surface area contributed by atoms with Gasteiger partial charge in [0.2, 0.25) is 5.91 Å². The maximum atomic E-state index is 14.3. The van der Waals surface area contributed by atoms with Gasteiger partial charge in [0, 0.05) is 19.5 Å². The van der Waals surface area contributed by atoms with Crippen molar-refractivity contribution in [2.45, 2.75) is 31.7 Å². The molecule has 1 saturated heterocycles. The number of amides is 1. The maximum Gasteiger partial charge on any atom is 0.245 e. The normalized spacial score (nSPS) is 20.9. The van der Waals surface area contributed by atoms with Crippen molar-refractivity contribution in [2.75, 3.05) is 6.54 Å². The number of Topliss-reactive ketones (excluding diaryl/α,β-unsaturated/α-hetero) is 1. The van der Waals surface area contributed by atoms with Crippen LogP contribution in [-0.4, -0.2) is 23.1 Å². The number of nitrogens with zero attached hydrogens (tertiary/aromatic N) is 1. The van der Waals surface area contributed by atoms with E-state index >= 15 is 0 Å². The first-order valence-corrected chi connectivity index (χ1v) is 10.9. The number of hydrogen-bond acceptors (Lipinski definition) is 2. The molecule has 1 atom stereocenters. The molecule has 2 aliphatic rings. The van der Waals surface area contributed by atoms with Gasteiger partial charge in [-0.05, 0) is 46.7 Å². The average Bonchev–Trinajstić information content (AvgIpc) is 3.02. The summed E-state index contributed by atoms with van der Waals surface area (Å²) >= 11 is 0. The Morgan fingerprint density at radius 3 is 2.23 bits per heavy atom. The Morgan fingerprint density at radius 2 is 1.48 bits per heavy atom. The molecule has 5 rings (SSSR count). The topological polar surface area (TPSA) is 37.4 Å². The number of fused-ring (bicyclic) bond motifs is 2. The zero-order valence-corrected chi connectivity index (χ0v) is 17.7. The van der Waals surface area contributed by atoms with Crippen molar-refractivity contribution in [3.8, 4) is 0 Å². The second-order valence-electron chi connectivity index (χ2n) is 8.40. The number of ketones is 1. The lowest BCUT2D eigenvalue weighted by Gasteiger charge is -2.34. The molecular weight excluding hydrogens is 382 g/mol. The minimum atomic E-state index is -1.27. The van der Waals surface area contributed by atoms with Crippen LogP contribution in [0.25, 0.3) is 11.1 Å². The van der Waals surface area contributed by atoms with E-state index < -0.39 is 5.41 Å². The Kier molecular flexibility index (Phi) is 4.82. The standard InChI is InChI=1S/C28H25NO2/c1-20-23-15-8-9-16-24(23)28(26(20)22-13-6-3-7-14-22)25(30)17-10-18-29(27(28)31)19-21-11-4-2-5-12-21/h2-9,11-16H,10,17-19H2,1H3/t28-/m0/s1. The van der Waals surface area contributed by atoms with Crippen molar-refractivity contribution in [2.24, 2.45) is 0 Å². The van der Waals surface area contributed by atoms with Gasteiger partial charge in [0.1, 0.15) is 0 Å². The lowest BCUT2D eigenvalue weighted by atomic mass is 9.69. The van der Waals surface area contributed by atoms with E-state index in [1.54, 1.807) is 0 Å². The van der Waals surface area contributed by atoms with Crippen LogP contribution < -0.4 is 0 Å². The first-order chi connectivity index (χ1) is 15.1.